The van der Waals surface area contributed by atoms with Crippen molar-refractivity contribution < 1.29 is 15.0 Å². The van der Waals surface area contributed by atoms with Crippen molar-refractivity contribution in [3.05, 3.63) is 64.1 Å². The van der Waals surface area contributed by atoms with E-state index >= 15 is 0 Å². The minimum atomic E-state index is -1.69. The first-order chi connectivity index (χ1) is 11.0. The summed E-state index contributed by atoms with van der Waals surface area (Å²) in [6, 6.07) is 12.4. The minimum Gasteiger partial charge on any atom is -0.366 e. The summed E-state index contributed by atoms with van der Waals surface area (Å²) in [5.41, 5.74) is 1.25. The van der Waals surface area contributed by atoms with Crippen molar-refractivity contribution >= 4 is 34.9 Å². The number of rotatable bonds is 5. The number of amides is 2. The zero-order chi connectivity index (χ0) is 16.8. The predicted molar refractivity (Wildman–Crippen MR) is 90.8 cm³/mol. The van der Waals surface area contributed by atoms with Gasteiger partial charge in [0.15, 0.2) is 6.29 Å². The van der Waals surface area contributed by atoms with Gasteiger partial charge in [-0.1, -0.05) is 53.5 Å². The van der Waals surface area contributed by atoms with E-state index in [0.717, 1.165) is 5.56 Å². The number of nitrogens with one attached hydrogen (secondary N) is 2. The third-order valence-corrected chi connectivity index (χ3v) is 3.70. The smallest absolute Gasteiger partial charge is 0.319 e. The Morgan fingerprint density at radius 3 is 2.39 bits per heavy atom. The topological polar surface area (TPSA) is 81.6 Å². The van der Waals surface area contributed by atoms with Crippen molar-refractivity contribution in [3.63, 3.8) is 0 Å². The molecule has 0 bridgehead atoms. The molecule has 0 heterocycles. The first kappa shape index (κ1) is 17.6. The highest BCUT2D eigenvalue weighted by atomic mass is 35.5. The van der Waals surface area contributed by atoms with Crippen LogP contribution < -0.4 is 10.6 Å². The molecule has 0 aliphatic carbocycles. The predicted octanol–water partition coefficient (Wildman–Crippen LogP) is 3.04. The van der Waals surface area contributed by atoms with E-state index in [9.17, 15) is 15.0 Å². The number of halogens is 2. The molecule has 23 heavy (non-hydrogen) atoms. The van der Waals surface area contributed by atoms with Crippen LogP contribution in [0.2, 0.25) is 10.0 Å². The molecule has 1 atom stereocenters. The van der Waals surface area contributed by atoms with Gasteiger partial charge < -0.3 is 20.8 Å². The maximum absolute atomic E-state index is 12.0. The average Bonchev–Trinajstić information content (AvgIpc) is 2.50. The number of hydrogen-bond acceptors (Lipinski definition) is 3. The SMILES string of the molecule is O=C(Nc1ccc(Cl)cc1Cl)NC(Cc1ccccc1)C(O)O. The number of hydrogen-bond donors (Lipinski definition) is 4. The second-order valence-electron chi connectivity index (χ2n) is 4.93. The first-order valence-electron chi connectivity index (χ1n) is 6.88. The number of carbonyl (C=O) groups is 1. The Labute approximate surface area is 143 Å². The Hall–Kier alpha value is -1.79. The van der Waals surface area contributed by atoms with Gasteiger partial charge in [0.1, 0.15) is 0 Å². The van der Waals surface area contributed by atoms with Crippen LogP contribution in [0.3, 0.4) is 0 Å². The number of benzene rings is 2. The van der Waals surface area contributed by atoms with Gasteiger partial charge in [-0.3, -0.25) is 0 Å². The number of anilines is 1. The Morgan fingerprint density at radius 1 is 1.09 bits per heavy atom. The Bertz CT molecular complexity index is 666. The first-order valence-corrected chi connectivity index (χ1v) is 7.64. The van der Waals surface area contributed by atoms with Crippen molar-refractivity contribution in [3.8, 4) is 0 Å². The molecule has 0 aromatic heterocycles. The molecule has 0 aliphatic rings. The standard InChI is InChI=1S/C16H16Cl2N2O3/c17-11-6-7-13(12(18)9-11)19-16(23)20-14(15(21)22)8-10-4-2-1-3-5-10/h1-7,9,14-15,21-22H,8H2,(H2,19,20,23). The van der Waals surface area contributed by atoms with Crippen LogP contribution in [0.1, 0.15) is 5.56 Å². The highest BCUT2D eigenvalue weighted by molar-refractivity contribution is 6.36. The fourth-order valence-electron chi connectivity index (χ4n) is 2.02. The van der Waals surface area contributed by atoms with E-state index in [0.29, 0.717) is 10.7 Å². The highest BCUT2D eigenvalue weighted by Crippen LogP contribution is 2.25. The van der Waals surface area contributed by atoms with Crippen LogP contribution in [0.4, 0.5) is 10.5 Å². The molecule has 2 amide bonds. The molecular formula is C16H16Cl2N2O3. The highest BCUT2D eigenvalue weighted by Gasteiger charge is 2.20. The number of carbonyl (C=O) groups excluding carboxylic acids is 1. The molecule has 0 saturated heterocycles. The molecule has 7 heteroatoms. The largest absolute Gasteiger partial charge is 0.366 e. The monoisotopic (exact) mass is 354 g/mol. The lowest BCUT2D eigenvalue weighted by molar-refractivity contribution is -0.0635. The van der Waals surface area contributed by atoms with Gasteiger partial charge in [-0.05, 0) is 30.2 Å². The Kier molecular flexibility index (Phi) is 6.24. The zero-order valence-electron chi connectivity index (χ0n) is 12.0. The summed E-state index contributed by atoms with van der Waals surface area (Å²) in [5.74, 6) is 0. The summed E-state index contributed by atoms with van der Waals surface area (Å²) in [6.45, 7) is 0. The summed E-state index contributed by atoms with van der Waals surface area (Å²) < 4.78 is 0. The van der Waals surface area contributed by atoms with Gasteiger partial charge in [0.25, 0.3) is 0 Å². The second-order valence-corrected chi connectivity index (χ2v) is 5.78. The fraction of sp³-hybridized carbons (Fsp3) is 0.188. The summed E-state index contributed by atoms with van der Waals surface area (Å²) in [5, 5.41) is 24.7. The number of urea groups is 1. The average molecular weight is 355 g/mol. The third-order valence-electron chi connectivity index (χ3n) is 3.15. The summed E-state index contributed by atoms with van der Waals surface area (Å²) in [4.78, 5) is 12.0. The molecule has 2 rings (SSSR count). The molecule has 0 fully saturated rings. The molecule has 2 aromatic rings. The molecule has 0 radical (unpaired) electrons. The maximum Gasteiger partial charge on any atom is 0.319 e. The number of aliphatic hydroxyl groups is 2. The van der Waals surface area contributed by atoms with E-state index in [4.69, 9.17) is 23.2 Å². The van der Waals surface area contributed by atoms with Crippen molar-refractivity contribution in [1.82, 2.24) is 5.32 Å². The molecule has 0 spiro atoms. The van der Waals surface area contributed by atoms with Gasteiger partial charge in [-0.2, -0.15) is 0 Å². The van der Waals surface area contributed by atoms with Gasteiger partial charge in [-0.15, -0.1) is 0 Å². The molecule has 2 aromatic carbocycles. The van der Waals surface area contributed by atoms with E-state index in [2.05, 4.69) is 10.6 Å². The second kappa shape index (κ2) is 8.17. The van der Waals surface area contributed by atoms with E-state index in [1.54, 1.807) is 12.1 Å². The van der Waals surface area contributed by atoms with Gasteiger partial charge in [0.2, 0.25) is 0 Å². The van der Waals surface area contributed by atoms with Gasteiger partial charge >= 0.3 is 6.03 Å². The maximum atomic E-state index is 12.0. The van der Waals surface area contributed by atoms with Crippen molar-refractivity contribution in [2.45, 2.75) is 18.8 Å². The van der Waals surface area contributed by atoms with Gasteiger partial charge in [0.05, 0.1) is 16.8 Å². The van der Waals surface area contributed by atoms with Crippen LogP contribution in [-0.2, 0) is 6.42 Å². The minimum absolute atomic E-state index is 0.278. The Balaban J connectivity index is 2.00. The van der Waals surface area contributed by atoms with Gasteiger partial charge in [-0.25, -0.2) is 4.79 Å². The lowest BCUT2D eigenvalue weighted by Gasteiger charge is -2.21. The van der Waals surface area contributed by atoms with Crippen LogP contribution in [0.5, 0.6) is 0 Å². The van der Waals surface area contributed by atoms with Crippen LogP contribution in [0.15, 0.2) is 48.5 Å². The Morgan fingerprint density at radius 2 is 1.78 bits per heavy atom. The lowest BCUT2D eigenvalue weighted by atomic mass is 10.1. The van der Waals surface area contributed by atoms with Crippen LogP contribution in [0, 0.1) is 0 Å². The van der Waals surface area contributed by atoms with Crippen LogP contribution in [-0.4, -0.2) is 28.6 Å². The summed E-state index contributed by atoms with van der Waals surface area (Å²) >= 11 is 11.8. The van der Waals surface area contributed by atoms with E-state index in [1.165, 1.54) is 6.07 Å². The van der Waals surface area contributed by atoms with Crippen molar-refractivity contribution in [1.29, 1.82) is 0 Å². The third kappa shape index (κ3) is 5.41. The van der Waals surface area contributed by atoms with Gasteiger partial charge in [0, 0.05) is 5.02 Å². The van der Waals surface area contributed by atoms with Crippen molar-refractivity contribution in [2.24, 2.45) is 0 Å². The lowest BCUT2D eigenvalue weighted by Crippen LogP contribution is -2.46. The summed E-state index contributed by atoms with van der Waals surface area (Å²) in [6.07, 6.45) is -1.41. The normalized spacial score (nSPS) is 12.0. The fourth-order valence-corrected chi connectivity index (χ4v) is 2.47. The molecule has 122 valence electrons. The molecule has 0 aliphatic heterocycles. The number of aliphatic hydroxyl groups excluding tert-OH is 1. The summed E-state index contributed by atoms with van der Waals surface area (Å²) in [7, 11) is 0. The molecule has 5 nitrogen and oxygen atoms in total. The van der Waals surface area contributed by atoms with E-state index in [-0.39, 0.29) is 11.4 Å². The van der Waals surface area contributed by atoms with Crippen LogP contribution >= 0.6 is 23.2 Å². The van der Waals surface area contributed by atoms with E-state index in [1.807, 2.05) is 30.3 Å². The van der Waals surface area contributed by atoms with Crippen molar-refractivity contribution in [2.75, 3.05) is 5.32 Å². The molecular weight excluding hydrogens is 339 g/mol. The molecule has 0 saturated carbocycles. The quantitative estimate of drug-likeness (QED) is 0.623. The molecule has 1 unspecified atom stereocenters. The van der Waals surface area contributed by atoms with E-state index < -0.39 is 18.4 Å². The van der Waals surface area contributed by atoms with Crippen LogP contribution in [0.25, 0.3) is 0 Å². The molecule has 4 N–H and O–H groups in total. The zero-order valence-corrected chi connectivity index (χ0v) is 13.6.